The van der Waals surface area contributed by atoms with E-state index >= 15 is 0 Å². The summed E-state index contributed by atoms with van der Waals surface area (Å²) >= 11 is 2.39. The molecule has 1 fully saturated rings. The number of nitrogens with zero attached hydrogens (tertiary/aromatic N) is 3. The van der Waals surface area contributed by atoms with E-state index < -0.39 is 47.0 Å². The standard InChI is InChI=1S/C20H19FN6O6S2/c21-10-3-1-2-8(4-10)13(22)16(30)24-14-17(31)27-15(19(32)33)9(6-34-18(14)27)7-35-20-23-11(25-26-20)5-12(28)29/h1-4,13-14,18H,5-7,22H2,(H,24,30)(H,28,29)(H,32,33)(H,23,25,26)/t13?,14?,18-/m1/s1. The second-order valence-electron chi connectivity index (χ2n) is 7.61. The van der Waals surface area contributed by atoms with E-state index in [1.807, 2.05) is 0 Å². The van der Waals surface area contributed by atoms with Gasteiger partial charge >= 0.3 is 11.9 Å². The minimum Gasteiger partial charge on any atom is -0.481 e. The highest BCUT2D eigenvalue weighted by atomic mass is 32.2. The van der Waals surface area contributed by atoms with Crippen molar-refractivity contribution in [2.45, 2.75) is 29.0 Å². The summed E-state index contributed by atoms with van der Waals surface area (Å²) in [5.74, 6) is -3.58. The van der Waals surface area contributed by atoms with Crippen LogP contribution in [-0.4, -0.2) is 77.0 Å². The predicted molar refractivity (Wildman–Crippen MR) is 121 cm³/mol. The zero-order valence-electron chi connectivity index (χ0n) is 17.8. The van der Waals surface area contributed by atoms with Crippen molar-refractivity contribution < 1.29 is 33.8 Å². The number of hydrogen-bond donors (Lipinski definition) is 5. The van der Waals surface area contributed by atoms with Gasteiger partial charge in [0.1, 0.15) is 41.2 Å². The molecule has 0 spiro atoms. The van der Waals surface area contributed by atoms with Crippen molar-refractivity contribution in [2.75, 3.05) is 11.5 Å². The molecule has 184 valence electrons. The van der Waals surface area contributed by atoms with E-state index in [9.17, 15) is 28.7 Å². The number of carbonyl (C=O) groups excluding carboxylic acids is 2. The Morgan fingerprint density at radius 2 is 2.14 bits per heavy atom. The van der Waals surface area contributed by atoms with Crippen molar-refractivity contribution in [3.05, 3.63) is 52.7 Å². The highest BCUT2D eigenvalue weighted by Crippen LogP contribution is 2.41. The molecule has 4 rings (SSSR count). The molecule has 3 heterocycles. The molecule has 1 saturated heterocycles. The number of aromatic nitrogens is 3. The number of rotatable bonds is 9. The molecule has 0 saturated carbocycles. The van der Waals surface area contributed by atoms with Crippen LogP contribution in [0.2, 0.25) is 0 Å². The first-order valence-corrected chi connectivity index (χ1v) is 12.2. The molecule has 15 heteroatoms. The van der Waals surface area contributed by atoms with E-state index in [1.165, 1.54) is 30.0 Å². The Morgan fingerprint density at radius 3 is 2.83 bits per heavy atom. The van der Waals surface area contributed by atoms with Crippen LogP contribution in [0.5, 0.6) is 0 Å². The molecule has 2 aliphatic heterocycles. The Hall–Kier alpha value is -3.43. The summed E-state index contributed by atoms with van der Waals surface area (Å²) in [5, 5.41) is 27.1. The first kappa shape index (κ1) is 24.7. The summed E-state index contributed by atoms with van der Waals surface area (Å²) in [5.41, 5.74) is 6.43. The van der Waals surface area contributed by atoms with Gasteiger partial charge in [-0.3, -0.25) is 24.4 Å². The largest absolute Gasteiger partial charge is 0.481 e. The maximum atomic E-state index is 13.4. The quantitative estimate of drug-likeness (QED) is 0.222. The minimum absolute atomic E-state index is 0.164. The first-order valence-electron chi connectivity index (χ1n) is 10.1. The van der Waals surface area contributed by atoms with E-state index in [2.05, 4.69) is 20.5 Å². The van der Waals surface area contributed by atoms with Gasteiger partial charge in [0.2, 0.25) is 11.1 Å². The van der Waals surface area contributed by atoms with Crippen molar-refractivity contribution in [1.29, 1.82) is 0 Å². The van der Waals surface area contributed by atoms with E-state index in [4.69, 9.17) is 10.8 Å². The number of carbonyl (C=O) groups is 4. The molecular weight excluding hydrogens is 503 g/mol. The van der Waals surface area contributed by atoms with Crippen molar-refractivity contribution in [3.8, 4) is 0 Å². The van der Waals surface area contributed by atoms with Gasteiger partial charge in [0.05, 0.1) is 0 Å². The number of benzene rings is 1. The van der Waals surface area contributed by atoms with E-state index in [-0.39, 0.29) is 40.2 Å². The van der Waals surface area contributed by atoms with Crippen molar-refractivity contribution in [2.24, 2.45) is 5.73 Å². The van der Waals surface area contributed by atoms with Crippen LogP contribution in [0.4, 0.5) is 4.39 Å². The summed E-state index contributed by atoms with van der Waals surface area (Å²) in [6.45, 7) is 0. The summed E-state index contributed by atoms with van der Waals surface area (Å²) in [6.07, 6.45) is -0.327. The number of aliphatic carboxylic acids is 2. The highest BCUT2D eigenvalue weighted by Gasteiger charge is 2.54. The van der Waals surface area contributed by atoms with Crippen molar-refractivity contribution in [3.63, 3.8) is 0 Å². The van der Waals surface area contributed by atoms with Crippen LogP contribution >= 0.6 is 23.5 Å². The number of β-lactam (4-membered cyclic amide) rings is 1. The van der Waals surface area contributed by atoms with Crippen LogP contribution in [0.1, 0.15) is 17.4 Å². The third-order valence-corrected chi connectivity index (χ3v) is 7.52. The van der Waals surface area contributed by atoms with Gasteiger partial charge in [0.15, 0.2) is 0 Å². The van der Waals surface area contributed by atoms with Crippen LogP contribution < -0.4 is 11.1 Å². The van der Waals surface area contributed by atoms with Gasteiger partial charge in [-0.2, -0.15) is 0 Å². The molecule has 0 radical (unpaired) electrons. The molecule has 0 bridgehead atoms. The fraction of sp³-hybridized carbons (Fsp3) is 0.300. The van der Waals surface area contributed by atoms with Gasteiger partial charge < -0.3 is 21.3 Å². The lowest BCUT2D eigenvalue weighted by atomic mass is 10.0. The molecule has 6 N–H and O–H groups in total. The van der Waals surface area contributed by atoms with Crippen LogP contribution in [-0.2, 0) is 25.6 Å². The zero-order chi connectivity index (χ0) is 25.3. The monoisotopic (exact) mass is 522 g/mol. The lowest BCUT2D eigenvalue weighted by Gasteiger charge is -2.49. The summed E-state index contributed by atoms with van der Waals surface area (Å²) in [4.78, 5) is 53.3. The number of carboxylic acids is 2. The second-order valence-corrected chi connectivity index (χ2v) is 9.66. The van der Waals surface area contributed by atoms with Gasteiger partial charge in [-0.15, -0.1) is 16.9 Å². The number of aromatic amines is 1. The van der Waals surface area contributed by atoms with Crippen molar-refractivity contribution in [1.82, 2.24) is 25.4 Å². The molecule has 35 heavy (non-hydrogen) atoms. The SMILES string of the molecule is NC(C(=O)NC1C(=O)N2C(C(=O)O)=C(CSc3n[nH]c(CC(=O)O)n3)CS[C@H]12)c1cccc(F)c1. The molecule has 3 atom stereocenters. The molecule has 0 aliphatic carbocycles. The minimum atomic E-state index is -1.29. The van der Waals surface area contributed by atoms with E-state index in [0.717, 1.165) is 22.7 Å². The van der Waals surface area contributed by atoms with Crippen LogP contribution in [0, 0.1) is 5.82 Å². The molecule has 1 aromatic carbocycles. The number of hydrogen-bond acceptors (Lipinski definition) is 9. The Kier molecular flexibility index (Phi) is 7.09. The summed E-state index contributed by atoms with van der Waals surface area (Å²) in [7, 11) is 0. The van der Waals surface area contributed by atoms with Gasteiger partial charge in [0, 0.05) is 11.5 Å². The van der Waals surface area contributed by atoms with Gasteiger partial charge in [-0.05, 0) is 23.3 Å². The van der Waals surface area contributed by atoms with E-state index in [1.54, 1.807) is 0 Å². The third-order valence-electron chi connectivity index (χ3n) is 5.24. The number of fused-ring (bicyclic) bond motifs is 1. The molecule has 2 aliphatic rings. The smallest absolute Gasteiger partial charge is 0.352 e. The van der Waals surface area contributed by atoms with Gasteiger partial charge in [-0.25, -0.2) is 14.2 Å². The number of halogens is 1. The Labute approximate surface area is 205 Å². The number of thioether (sulfide) groups is 2. The fourth-order valence-electron chi connectivity index (χ4n) is 3.61. The van der Waals surface area contributed by atoms with Crippen molar-refractivity contribution >= 4 is 47.3 Å². The maximum absolute atomic E-state index is 13.4. The number of nitrogens with one attached hydrogen (secondary N) is 2. The molecule has 2 aromatic rings. The Balaban J connectivity index is 1.43. The second kappa shape index (κ2) is 10.1. The lowest BCUT2D eigenvalue weighted by molar-refractivity contribution is -0.150. The molecule has 1 aromatic heterocycles. The number of amides is 2. The first-order chi connectivity index (χ1) is 16.7. The average molecular weight is 523 g/mol. The van der Waals surface area contributed by atoms with Crippen LogP contribution in [0.15, 0.2) is 40.7 Å². The van der Waals surface area contributed by atoms with Gasteiger partial charge in [-0.1, -0.05) is 23.9 Å². The molecular formula is C20H19FN6O6S2. The Bertz CT molecular complexity index is 1240. The summed E-state index contributed by atoms with van der Waals surface area (Å²) in [6, 6.07) is 3.08. The average Bonchev–Trinajstić information content (AvgIpc) is 3.26. The number of carboxylic acid groups (broad SMARTS) is 2. The topological polar surface area (TPSA) is 192 Å². The van der Waals surface area contributed by atoms with E-state index in [0.29, 0.717) is 5.57 Å². The maximum Gasteiger partial charge on any atom is 0.352 e. The predicted octanol–water partition coefficient (Wildman–Crippen LogP) is 0.102. The lowest BCUT2D eigenvalue weighted by Crippen LogP contribution is -2.71. The van der Waals surface area contributed by atoms with Crippen LogP contribution in [0.25, 0.3) is 0 Å². The molecule has 12 nitrogen and oxygen atoms in total. The third kappa shape index (κ3) is 5.16. The summed E-state index contributed by atoms with van der Waals surface area (Å²) < 4.78 is 13.4. The Morgan fingerprint density at radius 1 is 1.37 bits per heavy atom. The molecule has 2 unspecified atom stereocenters. The zero-order valence-corrected chi connectivity index (χ0v) is 19.4. The molecule has 2 amide bonds. The fourth-order valence-corrected chi connectivity index (χ4v) is 5.91. The highest BCUT2D eigenvalue weighted by molar-refractivity contribution is 8.01. The number of nitrogens with two attached hydrogens (primary N) is 1. The van der Waals surface area contributed by atoms with Gasteiger partial charge in [0.25, 0.3) is 5.91 Å². The van der Waals surface area contributed by atoms with Crippen LogP contribution in [0.3, 0.4) is 0 Å². The number of H-pyrrole nitrogens is 1. The normalized spacial score (nSPS) is 20.2.